The summed E-state index contributed by atoms with van der Waals surface area (Å²) in [7, 11) is 1.35. The van der Waals surface area contributed by atoms with Crippen molar-refractivity contribution in [2.75, 3.05) is 13.7 Å². The number of benzene rings is 1. The van der Waals surface area contributed by atoms with Gasteiger partial charge in [0.1, 0.15) is 30.1 Å². The molecule has 2 heterocycles. The summed E-state index contributed by atoms with van der Waals surface area (Å²) in [6.45, 7) is 0.411. The number of hydrogen-bond donors (Lipinski definition) is 0. The van der Waals surface area contributed by atoms with Crippen molar-refractivity contribution in [1.29, 1.82) is 0 Å². The van der Waals surface area contributed by atoms with Crippen LogP contribution in [-0.2, 0) is 16.0 Å². The van der Waals surface area contributed by atoms with Crippen LogP contribution in [0.2, 0.25) is 0 Å². The highest BCUT2D eigenvalue weighted by molar-refractivity contribution is 6.25. The second-order valence-corrected chi connectivity index (χ2v) is 4.92. The van der Waals surface area contributed by atoms with Gasteiger partial charge in [0.25, 0.3) is 0 Å². The fraction of sp³-hybridized carbons (Fsp3) is 0.188. The van der Waals surface area contributed by atoms with E-state index in [9.17, 15) is 4.79 Å². The van der Waals surface area contributed by atoms with Crippen LogP contribution in [0.4, 0.5) is 0 Å². The lowest BCUT2D eigenvalue weighted by Gasteiger charge is -2.06. The van der Waals surface area contributed by atoms with Crippen LogP contribution in [0.1, 0.15) is 11.3 Å². The zero-order chi connectivity index (χ0) is 14.8. The molecular formula is C16H13ClO4. The molecule has 2 aromatic rings. The standard InChI is InChI=1S/C16H13ClO4/c1-19-16(18)6-13-5-12-4-11-3-2-10(8-17)9-20-14(11)7-15(12)21-13/h2-5,7-8H,6,9H2,1H3/b10-8+. The van der Waals surface area contributed by atoms with Gasteiger partial charge in [-0.25, -0.2) is 0 Å². The quantitative estimate of drug-likeness (QED) is 0.794. The van der Waals surface area contributed by atoms with Gasteiger partial charge in [-0.15, -0.1) is 0 Å². The molecule has 1 aromatic heterocycles. The van der Waals surface area contributed by atoms with Crippen molar-refractivity contribution in [3.8, 4) is 5.75 Å². The average molecular weight is 305 g/mol. The summed E-state index contributed by atoms with van der Waals surface area (Å²) in [5.74, 6) is 0.970. The molecule has 5 heteroatoms. The van der Waals surface area contributed by atoms with Crippen molar-refractivity contribution in [3.63, 3.8) is 0 Å². The summed E-state index contributed by atoms with van der Waals surface area (Å²) < 4.78 is 16.0. The summed E-state index contributed by atoms with van der Waals surface area (Å²) in [5, 5.41) is 0.916. The topological polar surface area (TPSA) is 48.7 Å². The highest BCUT2D eigenvalue weighted by atomic mass is 35.5. The lowest BCUT2D eigenvalue weighted by atomic mass is 10.1. The van der Waals surface area contributed by atoms with Crippen LogP contribution in [0.15, 0.2) is 39.8 Å². The molecule has 0 aliphatic carbocycles. The van der Waals surface area contributed by atoms with E-state index < -0.39 is 0 Å². The van der Waals surface area contributed by atoms with Gasteiger partial charge in [0.15, 0.2) is 0 Å². The molecule has 1 aromatic carbocycles. The first-order chi connectivity index (χ1) is 10.2. The van der Waals surface area contributed by atoms with Crippen molar-refractivity contribution >= 4 is 34.6 Å². The Labute approximate surface area is 126 Å². The zero-order valence-electron chi connectivity index (χ0n) is 11.4. The Hall–Kier alpha value is -2.20. The summed E-state index contributed by atoms with van der Waals surface area (Å²) in [6, 6.07) is 5.62. The van der Waals surface area contributed by atoms with Gasteiger partial charge in [0, 0.05) is 28.1 Å². The molecule has 21 heavy (non-hydrogen) atoms. The third kappa shape index (κ3) is 2.81. The van der Waals surface area contributed by atoms with Gasteiger partial charge < -0.3 is 13.9 Å². The molecule has 0 saturated heterocycles. The molecule has 1 aliphatic heterocycles. The number of rotatable bonds is 2. The minimum Gasteiger partial charge on any atom is -0.488 e. The fourth-order valence-electron chi connectivity index (χ4n) is 2.17. The van der Waals surface area contributed by atoms with Crippen molar-refractivity contribution in [3.05, 3.63) is 46.7 Å². The van der Waals surface area contributed by atoms with Crippen LogP contribution in [0.25, 0.3) is 17.0 Å². The van der Waals surface area contributed by atoms with Gasteiger partial charge in [-0.05, 0) is 12.1 Å². The highest BCUT2D eigenvalue weighted by Crippen LogP contribution is 2.31. The first-order valence-electron chi connectivity index (χ1n) is 6.43. The average Bonchev–Trinajstić information content (AvgIpc) is 2.75. The van der Waals surface area contributed by atoms with Crippen LogP contribution in [-0.4, -0.2) is 19.7 Å². The maximum atomic E-state index is 11.3. The third-order valence-electron chi connectivity index (χ3n) is 3.26. The number of carbonyl (C=O) groups is 1. The zero-order valence-corrected chi connectivity index (χ0v) is 12.1. The van der Waals surface area contributed by atoms with Crippen LogP contribution in [0, 0.1) is 0 Å². The number of fused-ring (bicyclic) bond motifs is 2. The van der Waals surface area contributed by atoms with Crippen LogP contribution in [0.5, 0.6) is 5.75 Å². The van der Waals surface area contributed by atoms with Gasteiger partial charge in [0.2, 0.25) is 0 Å². The van der Waals surface area contributed by atoms with Gasteiger partial charge in [-0.1, -0.05) is 23.8 Å². The van der Waals surface area contributed by atoms with Crippen molar-refractivity contribution in [2.24, 2.45) is 0 Å². The van der Waals surface area contributed by atoms with E-state index in [1.54, 1.807) is 0 Å². The van der Waals surface area contributed by atoms with Gasteiger partial charge >= 0.3 is 5.97 Å². The second-order valence-electron chi connectivity index (χ2n) is 4.70. The third-order valence-corrected chi connectivity index (χ3v) is 3.54. The Morgan fingerprint density at radius 3 is 3.00 bits per heavy atom. The Bertz CT molecular complexity index is 755. The van der Waals surface area contributed by atoms with E-state index in [1.807, 2.05) is 30.4 Å². The summed E-state index contributed by atoms with van der Waals surface area (Å²) >= 11 is 5.71. The molecular weight excluding hydrogens is 292 g/mol. The lowest BCUT2D eigenvalue weighted by molar-refractivity contribution is -0.140. The van der Waals surface area contributed by atoms with E-state index in [0.29, 0.717) is 18.0 Å². The Morgan fingerprint density at radius 2 is 2.24 bits per heavy atom. The van der Waals surface area contributed by atoms with E-state index in [1.165, 1.54) is 12.6 Å². The maximum Gasteiger partial charge on any atom is 0.313 e. The smallest absolute Gasteiger partial charge is 0.313 e. The minimum atomic E-state index is -0.330. The minimum absolute atomic E-state index is 0.117. The van der Waals surface area contributed by atoms with Crippen molar-refractivity contribution in [1.82, 2.24) is 0 Å². The fourth-order valence-corrected chi connectivity index (χ4v) is 2.31. The number of furan rings is 1. The lowest BCUT2D eigenvalue weighted by Crippen LogP contribution is -2.03. The Balaban J connectivity index is 1.99. The molecule has 108 valence electrons. The number of esters is 1. The predicted molar refractivity (Wildman–Crippen MR) is 80.4 cm³/mol. The van der Waals surface area contributed by atoms with E-state index in [-0.39, 0.29) is 12.4 Å². The molecule has 3 rings (SSSR count). The number of methoxy groups -OCH3 is 1. The summed E-state index contributed by atoms with van der Waals surface area (Å²) in [6.07, 6.45) is 3.98. The van der Waals surface area contributed by atoms with Crippen LogP contribution < -0.4 is 4.74 Å². The normalized spacial score (nSPS) is 15.6. The number of hydrogen-bond acceptors (Lipinski definition) is 4. The largest absolute Gasteiger partial charge is 0.488 e. The molecule has 0 bridgehead atoms. The SMILES string of the molecule is COC(=O)Cc1cc2cc3c(cc2o1)OC/C(=C/Cl)C=C3. The Morgan fingerprint density at radius 1 is 1.38 bits per heavy atom. The van der Waals surface area contributed by atoms with E-state index in [0.717, 1.165) is 22.3 Å². The molecule has 0 fully saturated rings. The number of halogens is 1. The van der Waals surface area contributed by atoms with E-state index >= 15 is 0 Å². The molecule has 1 aliphatic rings. The molecule has 0 saturated carbocycles. The molecule has 0 radical (unpaired) electrons. The van der Waals surface area contributed by atoms with Crippen molar-refractivity contribution < 1.29 is 18.7 Å². The number of ether oxygens (including phenoxy) is 2. The molecule has 0 amide bonds. The molecule has 0 spiro atoms. The summed E-state index contributed by atoms with van der Waals surface area (Å²) in [5.41, 5.74) is 4.03. The first-order valence-corrected chi connectivity index (χ1v) is 6.86. The van der Waals surface area contributed by atoms with Gasteiger partial charge in [0.05, 0.1) is 7.11 Å². The molecule has 0 unspecified atom stereocenters. The first kappa shape index (κ1) is 13.8. The van der Waals surface area contributed by atoms with Crippen LogP contribution >= 0.6 is 11.6 Å². The molecule has 0 N–H and O–H groups in total. The summed E-state index contributed by atoms with van der Waals surface area (Å²) in [4.78, 5) is 11.3. The van der Waals surface area contributed by atoms with Crippen molar-refractivity contribution in [2.45, 2.75) is 6.42 Å². The molecule has 0 atom stereocenters. The highest BCUT2D eigenvalue weighted by Gasteiger charge is 2.13. The second kappa shape index (κ2) is 5.66. The maximum absolute atomic E-state index is 11.3. The van der Waals surface area contributed by atoms with Gasteiger partial charge in [-0.3, -0.25) is 4.79 Å². The monoisotopic (exact) mass is 304 g/mol. The van der Waals surface area contributed by atoms with E-state index in [4.69, 9.17) is 20.8 Å². The van der Waals surface area contributed by atoms with E-state index in [2.05, 4.69) is 4.74 Å². The van der Waals surface area contributed by atoms with Gasteiger partial charge in [-0.2, -0.15) is 0 Å². The van der Waals surface area contributed by atoms with Crippen LogP contribution in [0.3, 0.4) is 0 Å². The molecule has 4 nitrogen and oxygen atoms in total. The number of carbonyl (C=O) groups excluding carboxylic acids is 1. The predicted octanol–water partition coefficient (Wildman–Crippen LogP) is 3.68. The Kier molecular flexibility index (Phi) is 3.71.